The average Bonchev–Trinajstić information content (AvgIpc) is 2.46. The number of hydrogen-bond donors (Lipinski definition) is 2. The first-order valence-corrected chi connectivity index (χ1v) is 6.88. The molecule has 0 saturated carbocycles. The van der Waals surface area contributed by atoms with Crippen molar-refractivity contribution in [1.82, 2.24) is 5.32 Å². The number of hydrogen-bond acceptors (Lipinski definition) is 3. The molecule has 5 heteroatoms. The molecule has 0 aliphatic rings. The van der Waals surface area contributed by atoms with Crippen LogP contribution in [0.4, 0.5) is 5.69 Å². The summed E-state index contributed by atoms with van der Waals surface area (Å²) in [6, 6.07) is 12.8. The summed E-state index contributed by atoms with van der Waals surface area (Å²) in [5.41, 5.74) is 7.78. The van der Waals surface area contributed by atoms with Gasteiger partial charge in [0, 0.05) is 23.3 Å². The van der Waals surface area contributed by atoms with Crippen LogP contribution in [0.3, 0.4) is 0 Å². The van der Waals surface area contributed by atoms with Gasteiger partial charge in [-0.3, -0.25) is 4.79 Å². The van der Waals surface area contributed by atoms with Gasteiger partial charge in [-0.25, -0.2) is 0 Å². The first-order chi connectivity index (χ1) is 9.60. The maximum atomic E-state index is 11.8. The van der Waals surface area contributed by atoms with Crippen LogP contribution in [0.5, 0.6) is 5.75 Å². The predicted molar refractivity (Wildman–Crippen MR) is 82.7 cm³/mol. The Hall–Kier alpha value is -2.01. The van der Waals surface area contributed by atoms with Gasteiger partial charge in [-0.2, -0.15) is 0 Å². The highest BCUT2D eigenvalue weighted by molar-refractivity contribution is 9.10. The smallest absolute Gasteiger partial charge is 0.254 e. The predicted octanol–water partition coefficient (Wildman–Crippen LogP) is 2.97. The van der Waals surface area contributed by atoms with Crippen LogP contribution in [-0.4, -0.2) is 13.0 Å². The Morgan fingerprint density at radius 2 is 1.95 bits per heavy atom. The van der Waals surface area contributed by atoms with Crippen molar-refractivity contribution < 1.29 is 9.53 Å². The van der Waals surface area contributed by atoms with E-state index < -0.39 is 0 Å². The highest BCUT2D eigenvalue weighted by atomic mass is 79.9. The van der Waals surface area contributed by atoms with Gasteiger partial charge in [0.05, 0.1) is 5.56 Å². The van der Waals surface area contributed by atoms with Gasteiger partial charge in [-0.05, 0) is 29.8 Å². The van der Waals surface area contributed by atoms with E-state index in [0.29, 0.717) is 23.6 Å². The molecule has 2 rings (SSSR count). The standard InChI is InChI=1S/C15H15BrN2O2/c1-18-15(19)13-7-6-12(17)8-14(13)20-9-10-2-4-11(16)5-3-10/h2-8H,9,17H2,1H3,(H,18,19). The summed E-state index contributed by atoms with van der Waals surface area (Å²) < 4.78 is 6.72. The molecule has 0 spiro atoms. The topological polar surface area (TPSA) is 64.4 Å². The Kier molecular flexibility index (Phi) is 4.63. The van der Waals surface area contributed by atoms with Crippen molar-refractivity contribution in [1.29, 1.82) is 0 Å². The molecule has 0 bridgehead atoms. The summed E-state index contributed by atoms with van der Waals surface area (Å²) in [6.45, 7) is 0.376. The SMILES string of the molecule is CNC(=O)c1ccc(N)cc1OCc1ccc(Br)cc1. The van der Waals surface area contributed by atoms with Gasteiger partial charge in [-0.1, -0.05) is 28.1 Å². The number of benzene rings is 2. The number of nitrogens with two attached hydrogens (primary N) is 1. The van der Waals surface area contributed by atoms with Crippen molar-refractivity contribution in [3.05, 3.63) is 58.1 Å². The molecule has 4 nitrogen and oxygen atoms in total. The quantitative estimate of drug-likeness (QED) is 0.845. The summed E-state index contributed by atoms with van der Waals surface area (Å²) >= 11 is 3.38. The Labute approximate surface area is 126 Å². The molecule has 0 aromatic heterocycles. The number of amides is 1. The molecule has 3 N–H and O–H groups in total. The summed E-state index contributed by atoms with van der Waals surface area (Å²) in [5, 5.41) is 2.58. The summed E-state index contributed by atoms with van der Waals surface area (Å²) in [7, 11) is 1.58. The van der Waals surface area contributed by atoms with E-state index in [9.17, 15) is 4.79 Å². The number of rotatable bonds is 4. The number of nitrogen functional groups attached to an aromatic ring is 1. The zero-order valence-corrected chi connectivity index (χ0v) is 12.6. The Balaban J connectivity index is 2.17. The van der Waals surface area contributed by atoms with E-state index in [1.54, 1.807) is 25.2 Å². The Morgan fingerprint density at radius 1 is 1.25 bits per heavy atom. The third-order valence-corrected chi connectivity index (χ3v) is 3.31. The highest BCUT2D eigenvalue weighted by Crippen LogP contribution is 2.23. The van der Waals surface area contributed by atoms with Crippen LogP contribution in [0.1, 0.15) is 15.9 Å². The average molecular weight is 335 g/mol. The van der Waals surface area contributed by atoms with E-state index >= 15 is 0 Å². The van der Waals surface area contributed by atoms with Gasteiger partial charge in [0.1, 0.15) is 12.4 Å². The zero-order valence-electron chi connectivity index (χ0n) is 11.0. The Bertz CT molecular complexity index is 612. The van der Waals surface area contributed by atoms with Crippen LogP contribution >= 0.6 is 15.9 Å². The molecule has 0 aliphatic heterocycles. The molecule has 2 aromatic rings. The van der Waals surface area contributed by atoms with E-state index in [4.69, 9.17) is 10.5 Å². The van der Waals surface area contributed by atoms with Crippen LogP contribution in [0.2, 0.25) is 0 Å². The van der Waals surface area contributed by atoms with Crippen molar-refractivity contribution in [2.24, 2.45) is 0 Å². The summed E-state index contributed by atoms with van der Waals surface area (Å²) in [6.07, 6.45) is 0. The third kappa shape index (κ3) is 3.51. The van der Waals surface area contributed by atoms with Crippen molar-refractivity contribution >= 4 is 27.5 Å². The van der Waals surface area contributed by atoms with Crippen LogP contribution in [0, 0.1) is 0 Å². The minimum absolute atomic E-state index is 0.198. The molecule has 0 radical (unpaired) electrons. The summed E-state index contributed by atoms with van der Waals surface area (Å²) in [4.78, 5) is 11.8. The first kappa shape index (κ1) is 14.4. The molecule has 0 unspecified atom stereocenters. The van der Waals surface area contributed by atoms with Crippen molar-refractivity contribution in [3.8, 4) is 5.75 Å². The largest absolute Gasteiger partial charge is 0.488 e. The molecule has 0 saturated heterocycles. The maximum absolute atomic E-state index is 11.8. The van der Waals surface area contributed by atoms with Crippen molar-refractivity contribution in [3.63, 3.8) is 0 Å². The molecule has 0 heterocycles. The second-order valence-electron chi connectivity index (χ2n) is 4.25. The van der Waals surface area contributed by atoms with Gasteiger partial charge in [0.25, 0.3) is 5.91 Å². The molecule has 0 aliphatic carbocycles. The first-order valence-electron chi connectivity index (χ1n) is 6.09. The lowest BCUT2D eigenvalue weighted by atomic mass is 10.1. The van der Waals surface area contributed by atoms with Crippen LogP contribution in [0.15, 0.2) is 46.9 Å². The molecule has 0 fully saturated rings. The zero-order chi connectivity index (χ0) is 14.5. The lowest BCUT2D eigenvalue weighted by Crippen LogP contribution is -2.19. The normalized spacial score (nSPS) is 10.1. The highest BCUT2D eigenvalue weighted by Gasteiger charge is 2.11. The van der Waals surface area contributed by atoms with Crippen LogP contribution < -0.4 is 15.8 Å². The number of carbonyl (C=O) groups excluding carboxylic acids is 1. The minimum Gasteiger partial charge on any atom is -0.488 e. The lowest BCUT2D eigenvalue weighted by molar-refractivity contribution is 0.0958. The fourth-order valence-electron chi connectivity index (χ4n) is 1.72. The van der Waals surface area contributed by atoms with Gasteiger partial charge >= 0.3 is 0 Å². The monoisotopic (exact) mass is 334 g/mol. The minimum atomic E-state index is -0.198. The van der Waals surface area contributed by atoms with E-state index in [-0.39, 0.29) is 5.91 Å². The van der Waals surface area contributed by atoms with E-state index in [1.807, 2.05) is 24.3 Å². The number of nitrogens with one attached hydrogen (secondary N) is 1. The fourth-order valence-corrected chi connectivity index (χ4v) is 1.99. The summed E-state index contributed by atoms with van der Waals surface area (Å²) in [5.74, 6) is 0.281. The van der Waals surface area contributed by atoms with Gasteiger partial charge in [0.15, 0.2) is 0 Å². The number of halogens is 1. The van der Waals surface area contributed by atoms with Gasteiger partial charge < -0.3 is 15.8 Å². The van der Waals surface area contributed by atoms with Crippen LogP contribution in [0.25, 0.3) is 0 Å². The van der Waals surface area contributed by atoms with Gasteiger partial charge in [0.2, 0.25) is 0 Å². The number of carbonyl (C=O) groups is 1. The van der Waals surface area contributed by atoms with Crippen molar-refractivity contribution in [2.75, 3.05) is 12.8 Å². The second-order valence-corrected chi connectivity index (χ2v) is 5.17. The molecule has 104 valence electrons. The number of ether oxygens (including phenoxy) is 1. The lowest BCUT2D eigenvalue weighted by Gasteiger charge is -2.11. The van der Waals surface area contributed by atoms with Crippen molar-refractivity contribution in [2.45, 2.75) is 6.61 Å². The molecule has 0 atom stereocenters. The molecular formula is C15H15BrN2O2. The third-order valence-electron chi connectivity index (χ3n) is 2.78. The second kappa shape index (κ2) is 6.43. The van der Waals surface area contributed by atoms with Crippen LogP contribution in [-0.2, 0) is 6.61 Å². The van der Waals surface area contributed by atoms with E-state index in [1.165, 1.54) is 0 Å². The Morgan fingerprint density at radius 3 is 2.60 bits per heavy atom. The molecule has 2 aromatic carbocycles. The fraction of sp³-hybridized carbons (Fsp3) is 0.133. The van der Waals surface area contributed by atoms with E-state index in [0.717, 1.165) is 10.0 Å². The maximum Gasteiger partial charge on any atom is 0.254 e. The molecular weight excluding hydrogens is 320 g/mol. The molecule has 1 amide bonds. The van der Waals surface area contributed by atoms with E-state index in [2.05, 4.69) is 21.2 Å². The number of anilines is 1. The molecule has 20 heavy (non-hydrogen) atoms. The van der Waals surface area contributed by atoms with Gasteiger partial charge in [-0.15, -0.1) is 0 Å².